The molecule has 2 atom stereocenters. The molecule has 2 heterocycles. The summed E-state index contributed by atoms with van der Waals surface area (Å²) in [6, 6.07) is 0.0201. The molecule has 0 spiro atoms. The Hall–Kier alpha value is -2.31. The van der Waals surface area contributed by atoms with Gasteiger partial charge in [-0.25, -0.2) is 0 Å². The van der Waals surface area contributed by atoms with Gasteiger partial charge in [-0.05, 0) is 26.2 Å². The van der Waals surface area contributed by atoms with Crippen molar-refractivity contribution in [3.63, 3.8) is 0 Å². The van der Waals surface area contributed by atoms with Crippen LogP contribution in [0.5, 0.6) is 5.75 Å². The third-order valence-corrected chi connectivity index (χ3v) is 3.60. The van der Waals surface area contributed by atoms with Crippen LogP contribution >= 0.6 is 0 Å². The highest BCUT2D eigenvalue weighted by Crippen LogP contribution is 2.24. The van der Waals surface area contributed by atoms with Crippen LogP contribution in [0.4, 0.5) is 0 Å². The second-order valence-electron chi connectivity index (χ2n) is 5.01. The number of carbonyl (C=O) groups excluding carboxylic acids is 1. The lowest BCUT2D eigenvalue weighted by molar-refractivity contribution is 0.0893. The number of nitrogens with zero attached hydrogens (tertiary/aromatic N) is 2. The average Bonchev–Trinajstić information content (AvgIpc) is 3.13. The predicted octanol–water partition coefficient (Wildman–Crippen LogP) is 1.17. The molecule has 0 saturated heterocycles. The van der Waals surface area contributed by atoms with Gasteiger partial charge < -0.3 is 10.1 Å². The molecule has 3 N–H and O–H groups in total. The van der Waals surface area contributed by atoms with E-state index in [-0.39, 0.29) is 18.1 Å². The summed E-state index contributed by atoms with van der Waals surface area (Å²) < 4.78 is 5.84. The maximum absolute atomic E-state index is 12.2. The molecule has 0 aromatic carbocycles. The van der Waals surface area contributed by atoms with Crippen LogP contribution in [0.2, 0.25) is 0 Å². The van der Waals surface area contributed by atoms with Crippen molar-refractivity contribution in [2.45, 2.75) is 38.3 Å². The fourth-order valence-electron chi connectivity index (χ4n) is 2.54. The molecule has 1 fully saturated rings. The molecular weight excluding hydrogens is 258 g/mol. The highest BCUT2D eigenvalue weighted by Gasteiger charge is 2.31. The van der Waals surface area contributed by atoms with Crippen molar-refractivity contribution >= 4 is 5.91 Å². The normalized spacial score (nSPS) is 21.9. The lowest BCUT2D eigenvalue weighted by Gasteiger charge is -2.21. The van der Waals surface area contributed by atoms with Crippen molar-refractivity contribution in [2.24, 2.45) is 0 Å². The molecule has 2 aromatic heterocycles. The van der Waals surface area contributed by atoms with Gasteiger partial charge in [0.2, 0.25) is 0 Å². The summed E-state index contributed by atoms with van der Waals surface area (Å²) in [7, 11) is 0. The molecule has 20 heavy (non-hydrogen) atoms. The van der Waals surface area contributed by atoms with Gasteiger partial charge in [0, 0.05) is 5.69 Å². The largest absolute Gasteiger partial charge is 0.485 e. The number of aromatic nitrogens is 4. The van der Waals surface area contributed by atoms with Crippen LogP contribution in [-0.4, -0.2) is 38.4 Å². The van der Waals surface area contributed by atoms with Gasteiger partial charge in [-0.15, -0.1) is 0 Å². The quantitative estimate of drug-likeness (QED) is 0.780. The van der Waals surface area contributed by atoms with E-state index in [1.165, 1.54) is 0 Å². The van der Waals surface area contributed by atoms with Gasteiger partial charge in [0.25, 0.3) is 5.91 Å². The van der Waals surface area contributed by atoms with E-state index in [1.807, 2.05) is 6.92 Å². The molecule has 1 saturated carbocycles. The second-order valence-corrected chi connectivity index (χ2v) is 5.01. The summed E-state index contributed by atoms with van der Waals surface area (Å²) >= 11 is 0. The van der Waals surface area contributed by atoms with Crippen molar-refractivity contribution in [3.8, 4) is 5.75 Å². The molecule has 3 rings (SSSR count). The first-order valence-electron chi connectivity index (χ1n) is 6.70. The monoisotopic (exact) mass is 275 g/mol. The van der Waals surface area contributed by atoms with Crippen LogP contribution in [0.25, 0.3) is 0 Å². The fourth-order valence-corrected chi connectivity index (χ4v) is 2.54. The summed E-state index contributed by atoms with van der Waals surface area (Å²) in [4.78, 5) is 12.2. The van der Waals surface area contributed by atoms with E-state index in [2.05, 4.69) is 25.7 Å². The summed E-state index contributed by atoms with van der Waals surface area (Å²) in [6.45, 7) is 1.83. The van der Waals surface area contributed by atoms with Crippen LogP contribution in [0.1, 0.15) is 35.3 Å². The van der Waals surface area contributed by atoms with E-state index >= 15 is 0 Å². The highest BCUT2D eigenvalue weighted by atomic mass is 16.5. The van der Waals surface area contributed by atoms with Crippen LogP contribution in [0.3, 0.4) is 0 Å². The summed E-state index contributed by atoms with van der Waals surface area (Å²) in [5, 5.41) is 16.2. The van der Waals surface area contributed by atoms with E-state index in [1.54, 1.807) is 18.6 Å². The molecule has 1 aliphatic rings. The number of hydrogen-bond acceptors (Lipinski definition) is 4. The van der Waals surface area contributed by atoms with E-state index in [0.29, 0.717) is 11.3 Å². The zero-order valence-electron chi connectivity index (χ0n) is 11.2. The minimum atomic E-state index is -0.107. The van der Waals surface area contributed by atoms with Crippen molar-refractivity contribution in [1.29, 1.82) is 0 Å². The first-order chi connectivity index (χ1) is 9.74. The number of rotatable bonds is 4. The first-order valence-corrected chi connectivity index (χ1v) is 6.70. The lowest BCUT2D eigenvalue weighted by atomic mass is 10.2. The van der Waals surface area contributed by atoms with Crippen LogP contribution in [-0.2, 0) is 0 Å². The minimum absolute atomic E-state index is 0.0104. The lowest BCUT2D eigenvalue weighted by Crippen LogP contribution is -2.42. The van der Waals surface area contributed by atoms with Gasteiger partial charge >= 0.3 is 0 Å². The SMILES string of the molecule is Cc1[nH]ncc1C(=O)N[C@H]1CCC[C@H]1Oc1cn[nH]c1. The number of ether oxygens (including phenoxy) is 1. The van der Waals surface area contributed by atoms with Crippen molar-refractivity contribution in [2.75, 3.05) is 0 Å². The Kier molecular flexibility index (Phi) is 3.41. The van der Waals surface area contributed by atoms with Gasteiger partial charge in [0.15, 0.2) is 5.75 Å². The Morgan fingerprint density at radius 2 is 2.30 bits per heavy atom. The number of carbonyl (C=O) groups is 1. The molecule has 0 bridgehead atoms. The molecule has 0 radical (unpaired) electrons. The number of aryl methyl sites for hydroxylation is 1. The van der Waals surface area contributed by atoms with Gasteiger partial charge in [0.05, 0.1) is 30.2 Å². The molecule has 106 valence electrons. The molecule has 7 nitrogen and oxygen atoms in total. The molecule has 1 amide bonds. The number of nitrogens with one attached hydrogen (secondary N) is 3. The third-order valence-electron chi connectivity index (χ3n) is 3.60. The van der Waals surface area contributed by atoms with Crippen molar-refractivity contribution in [1.82, 2.24) is 25.7 Å². The molecular formula is C13H17N5O2. The van der Waals surface area contributed by atoms with E-state index in [9.17, 15) is 4.79 Å². The van der Waals surface area contributed by atoms with Crippen molar-refractivity contribution in [3.05, 3.63) is 29.8 Å². The topological polar surface area (TPSA) is 95.7 Å². The van der Waals surface area contributed by atoms with Crippen LogP contribution < -0.4 is 10.1 Å². The fraction of sp³-hybridized carbons (Fsp3) is 0.462. The summed E-state index contributed by atoms with van der Waals surface area (Å²) in [6.07, 6.45) is 7.77. The highest BCUT2D eigenvalue weighted by molar-refractivity contribution is 5.95. The van der Waals surface area contributed by atoms with Gasteiger partial charge in [-0.3, -0.25) is 15.0 Å². The maximum atomic E-state index is 12.2. The number of H-pyrrole nitrogens is 2. The Bertz CT molecular complexity index is 577. The first kappa shape index (κ1) is 12.7. The van der Waals surface area contributed by atoms with E-state index in [4.69, 9.17) is 4.74 Å². The van der Waals surface area contributed by atoms with Gasteiger partial charge in [-0.2, -0.15) is 10.2 Å². The van der Waals surface area contributed by atoms with Crippen molar-refractivity contribution < 1.29 is 9.53 Å². The molecule has 0 unspecified atom stereocenters. The predicted molar refractivity (Wildman–Crippen MR) is 71.4 cm³/mol. The summed E-state index contributed by atoms with van der Waals surface area (Å²) in [5.41, 5.74) is 1.35. The Morgan fingerprint density at radius 1 is 1.40 bits per heavy atom. The molecule has 2 aromatic rings. The smallest absolute Gasteiger partial charge is 0.255 e. The average molecular weight is 275 g/mol. The number of amides is 1. The van der Waals surface area contributed by atoms with E-state index < -0.39 is 0 Å². The van der Waals surface area contributed by atoms with Crippen LogP contribution in [0, 0.1) is 6.92 Å². The number of aromatic amines is 2. The second kappa shape index (κ2) is 5.36. The third kappa shape index (κ3) is 2.52. The van der Waals surface area contributed by atoms with Crippen LogP contribution in [0.15, 0.2) is 18.6 Å². The standard InChI is InChI=1S/C13H17N5O2/c1-8-10(7-16-18-8)13(19)17-11-3-2-4-12(11)20-9-5-14-15-6-9/h5-7,11-12H,2-4H2,1H3,(H,14,15)(H,16,18)(H,17,19)/t11-,12+/m0/s1. The van der Waals surface area contributed by atoms with E-state index in [0.717, 1.165) is 25.0 Å². The maximum Gasteiger partial charge on any atom is 0.255 e. The minimum Gasteiger partial charge on any atom is -0.485 e. The zero-order valence-corrected chi connectivity index (χ0v) is 11.2. The van der Waals surface area contributed by atoms with Gasteiger partial charge in [0.1, 0.15) is 6.10 Å². The number of hydrogen-bond donors (Lipinski definition) is 3. The molecule has 1 aliphatic carbocycles. The molecule has 7 heteroatoms. The Morgan fingerprint density at radius 3 is 3.00 bits per heavy atom. The zero-order chi connectivity index (χ0) is 13.9. The molecule has 0 aliphatic heterocycles. The summed E-state index contributed by atoms with van der Waals surface area (Å²) in [5.74, 6) is 0.597. The van der Waals surface area contributed by atoms with Gasteiger partial charge in [-0.1, -0.05) is 0 Å². The Balaban J connectivity index is 1.64. The Labute approximate surface area is 116 Å².